The summed E-state index contributed by atoms with van der Waals surface area (Å²) in [6.45, 7) is 2.22. The molecule has 1 fully saturated rings. The highest BCUT2D eigenvalue weighted by molar-refractivity contribution is 6.29. The molecule has 0 spiro atoms. The Balaban J connectivity index is 2.10. The van der Waals surface area contributed by atoms with Gasteiger partial charge in [-0.3, -0.25) is 9.59 Å². The molecule has 0 N–H and O–H groups in total. The van der Waals surface area contributed by atoms with Crippen molar-refractivity contribution in [3.8, 4) is 0 Å². The predicted octanol–water partition coefficient (Wildman–Crippen LogP) is 2.52. The Bertz CT molecular complexity index is 441. The van der Waals surface area contributed by atoms with Gasteiger partial charge in [0, 0.05) is 19.0 Å². The molecule has 0 saturated carbocycles. The average Bonchev–Trinajstić information content (AvgIpc) is 2.85. The lowest BCUT2D eigenvalue weighted by Gasteiger charge is -2.22. The lowest BCUT2D eigenvalue weighted by molar-refractivity contribution is -0.117. The van der Waals surface area contributed by atoms with Crippen LogP contribution in [0.5, 0.6) is 0 Å². The molecule has 1 aliphatic heterocycles. The van der Waals surface area contributed by atoms with Gasteiger partial charge < -0.3 is 9.32 Å². The van der Waals surface area contributed by atoms with E-state index < -0.39 is 0 Å². The molecule has 1 saturated heterocycles. The van der Waals surface area contributed by atoms with E-state index in [2.05, 4.69) is 0 Å². The first-order chi connectivity index (χ1) is 8.08. The molecule has 0 aliphatic carbocycles. The van der Waals surface area contributed by atoms with E-state index in [1.807, 2.05) is 0 Å². The number of Topliss-reactive ketones (excluding diaryl/α,β-unsaturated/α-hetero) is 1. The molecule has 1 amide bonds. The van der Waals surface area contributed by atoms with Crippen LogP contribution in [0.25, 0.3) is 0 Å². The molecule has 1 aliphatic rings. The summed E-state index contributed by atoms with van der Waals surface area (Å²) in [5, 5.41) is 0.204. The van der Waals surface area contributed by atoms with Crippen molar-refractivity contribution in [3.05, 3.63) is 23.1 Å². The summed E-state index contributed by atoms with van der Waals surface area (Å²) in [4.78, 5) is 24.9. The zero-order valence-electron chi connectivity index (χ0n) is 9.61. The maximum atomic E-state index is 12.1. The third-order valence-electron chi connectivity index (χ3n) is 2.95. The van der Waals surface area contributed by atoms with E-state index in [1.165, 1.54) is 0 Å². The average molecular weight is 256 g/mol. The van der Waals surface area contributed by atoms with Gasteiger partial charge in [0.1, 0.15) is 5.78 Å². The number of nitrogens with zero attached hydrogens (tertiary/aromatic N) is 1. The molecule has 2 heterocycles. The quantitative estimate of drug-likeness (QED) is 0.834. The summed E-state index contributed by atoms with van der Waals surface area (Å²) in [5.74, 6) is 0.165. The number of likely N-dealkylation sites (tertiary alicyclic amines) is 1. The Morgan fingerprint density at radius 2 is 2.29 bits per heavy atom. The number of hydrogen-bond acceptors (Lipinski definition) is 3. The van der Waals surface area contributed by atoms with Gasteiger partial charge in [-0.05, 0) is 43.5 Å². The van der Waals surface area contributed by atoms with Crippen LogP contribution in [-0.4, -0.2) is 29.2 Å². The highest BCUT2D eigenvalue weighted by Gasteiger charge is 2.31. The van der Waals surface area contributed by atoms with Crippen molar-refractivity contribution in [2.45, 2.75) is 32.2 Å². The van der Waals surface area contributed by atoms with Crippen LogP contribution >= 0.6 is 11.6 Å². The Labute approximate surface area is 105 Å². The summed E-state index contributed by atoms with van der Waals surface area (Å²) in [7, 11) is 0. The second kappa shape index (κ2) is 4.92. The van der Waals surface area contributed by atoms with Crippen LogP contribution in [0.1, 0.15) is 36.7 Å². The molecular weight excluding hydrogens is 242 g/mol. The third kappa shape index (κ3) is 2.69. The molecule has 1 unspecified atom stereocenters. The first-order valence-electron chi connectivity index (χ1n) is 5.63. The fraction of sp³-hybridized carbons (Fsp3) is 0.500. The molecule has 0 radical (unpaired) electrons. The normalized spacial score (nSPS) is 19.6. The molecule has 1 aromatic heterocycles. The Morgan fingerprint density at radius 3 is 2.88 bits per heavy atom. The van der Waals surface area contributed by atoms with Crippen molar-refractivity contribution in [1.29, 1.82) is 0 Å². The van der Waals surface area contributed by atoms with Gasteiger partial charge >= 0.3 is 0 Å². The fourth-order valence-corrected chi connectivity index (χ4v) is 2.36. The number of halogens is 1. The largest absolute Gasteiger partial charge is 0.440 e. The molecule has 2 rings (SSSR count). The van der Waals surface area contributed by atoms with Gasteiger partial charge in [0.25, 0.3) is 5.91 Å². The van der Waals surface area contributed by atoms with Crippen molar-refractivity contribution >= 4 is 23.3 Å². The van der Waals surface area contributed by atoms with Gasteiger partial charge in [-0.15, -0.1) is 0 Å². The van der Waals surface area contributed by atoms with E-state index >= 15 is 0 Å². The molecule has 0 aromatic carbocycles. The van der Waals surface area contributed by atoms with Gasteiger partial charge in [-0.25, -0.2) is 0 Å². The van der Waals surface area contributed by atoms with Crippen LogP contribution < -0.4 is 0 Å². The van der Waals surface area contributed by atoms with Crippen LogP contribution in [0.2, 0.25) is 5.22 Å². The number of amides is 1. The first-order valence-corrected chi connectivity index (χ1v) is 6.01. The summed E-state index contributed by atoms with van der Waals surface area (Å²) < 4.78 is 5.10. The molecular formula is C12H14ClNO3. The van der Waals surface area contributed by atoms with Crippen LogP contribution in [0.15, 0.2) is 16.5 Å². The highest BCUT2D eigenvalue weighted by atomic mass is 35.5. The zero-order chi connectivity index (χ0) is 12.4. The van der Waals surface area contributed by atoms with Gasteiger partial charge in [0.2, 0.25) is 0 Å². The molecule has 17 heavy (non-hydrogen) atoms. The number of carbonyl (C=O) groups is 2. The summed E-state index contributed by atoms with van der Waals surface area (Å²) in [5.41, 5.74) is 0. The minimum Gasteiger partial charge on any atom is -0.440 e. The lowest BCUT2D eigenvalue weighted by atomic mass is 10.1. The number of rotatable bonds is 3. The van der Waals surface area contributed by atoms with E-state index in [0.29, 0.717) is 13.0 Å². The third-order valence-corrected chi connectivity index (χ3v) is 3.15. The summed E-state index contributed by atoms with van der Waals surface area (Å²) in [6, 6.07) is 3.11. The number of hydrogen-bond donors (Lipinski definition) is 0. The van der Waals surface area contributed by atoms with E-state index in [-0.39, 0.29) is 28.7 Å². The van der Waals surface area contributed by atoms with Crippen molar-refractivity contribution in [3.63, 3.8) is 0 Å². The molecule has 1 aromatic rings. The van der Waals surface area contributed by atoms with E-state index in [9.17, 15) is 9.59 Å². The minimum atomic E-state index is -0.180. The smallest absolute Gasteiger partial charge is 0.289 e. The van der Waals surface area contributed by atoms with Gasteiger partial charge in [-0.2, -0.15) is 0 Å². The van der Waals surface area contributed by atoms with Crippen LogP contribution in [0.4, 0.5) is 0 Å². The molecule has 4 nitrogen and oxygen atoms in total. The van der Waals surface area contributed by atoms with Crippen molar-refractivity contribution in [2.24, 2.45) is 0 Å². The Kier molecular flexibility index (Phi) is 3.52. The highest BCUT2D eigenvalue weighted by Crippen LogP contribution is 2.24. The maximum Gasteiger partial charge on any atom is 0.289 e. The SMILES string of the molecule is CC(=O)CC1CCCN1C(=O)c1ccc(Cl)o1. The van der Waals surface area contributed by atoms with Crippen molar-refractivity contribution in [1.82, 2.24) is 4.90 Å². The lowest BCUT2D eigenvalue weighted by Crippen LogP contribution is -2.36. The fourth-order valence-electron chi connectivity index (χ4n) is 2.22. The molecule has 5 heteroatoms. The van der Waals surface area contributed by atoms with Crippen LogP contribution in [0, 0.1) is 0 Å². The first kappa shape index (κ1) is 12.2. The standard InChI is InChI=1S/C12H14ClNO3/c1-8(15)7-9-3-2-6-14(9)12(16)10-4-5-11(13)17-10/h4-5,9H,2-3,6-7H2,1H3. The maximum absolute atomic E-state index is 12.1. The molecule has 0 bridgehead atoms. The van der Waals surface area contributed by atoms with E-state index in [0.717, 1.165) is 12.8 Å². The number of carbonyl (C=O) groups excluding carboxylic acids is 2. The zero-order valence-corrected chi connectivity index (χ0v) is 10.4. The summed E-state index contributed by atoms with van der Waals surface area (Å²) in [6.07, 6.45) is 2.22. The number of furan rings is 1. The Hall–Kier alpha value is -1.29. The van der Waals surface area contributed by atoms with Crippen molar-refractivity contribution < 1.29 is 14.0 Å². The van der Waals surface area contributed by atoms with Crippen LogP contribution in [0.3, 0.4) is 0 Å². The Morgan fingerprint density at radius 1 is 1.53 bits per heavy atom. The minimum absolute atomic E-state index is 0.00359. The van der Waals surface area contributed by atoms with Gasteiger partial charge in [0.15, 0.2) is 11.0 Å². The molecule has 92 valence electrons. The van der Waals surface area contributed by atoms with Crippen molar-refractivity contribution in [2.75, 3.05) is 6.54 Å². The van der Waals surface area contributed by atoms with Gasteiger partial charge in [0.05, 0.1) is 0 Å². The topological polar surface area (TPSA) is 50.5 Å². The van der Waals surface area contributed by atoms with E-state index in [1.54, 1.807) is 24.0 Å². The molecule has 1 atom stereocenters. The monoisotopic (exact) mass is 255 g/mol. The summed E-state index contributed by atoms with van der Waals surface area (Å²) >= 11 is 5.64. The van der Waals surface area contributed by atoms with Crippen LogP contribution in [-0.2, 0) is 4.79 Å². The second-order valence-electron chi connectivity index (χ2n) is 4.30. The van der Waals surface area contributed by atoms with E-state index in [4.69, 9.17) is 16.0 Å². The second-order valence-corrected chi connectivity index (χ2v) is 4.68. The predicted molar refractivity (Wildman–Crippen MR) is 63.1 cm³/mol. The number of ketones is 1. The van der Waals surface area contributed by atoms with Gasteiger partial charge in [-0.1, -0.05) is 0 Å².